The first-order chi connectivity index (χ1) is 11.6. The van der Waals surface area contributed by atoms with E-state index in [4.69, 9.17) is 22.1 Å². The number of halogens is 2. The highest BCUT2D eigenvalue weighted by Gasteiger charge is 2.24. The van der Waals surface area contributed by atoms with Crippen molar-refractivity contribution in [1.82, 2.24) is 10.3 Å². The minimum Gasteiger partial charge on any atom is -0.493 e. The van der Waals surface area contributed by atoms with Crippen molar-refractivity contribution in [1.29, 1.82) is 0 Å². The molecule has 2 atom stereocenters. The molecule has 0 saturated heterocycles. The molecule has 1 aliphatic rings. The fraction of sp³-hybridized carbons (Fsp3) is 0.333. The minimum absolute atomic E-state index is 0. The number of carbonyl (C=O) groups excluding carboxylic acids is 1. The molecule has 0 spiro atoms. The Morgan fingerprint density at radius 3 is 2.88 bits per heavy atom. The van der Waals surface area contributed by atoms with Crippen molar-refractivity contribution in [2.45, 2.75) is 31.3 Å². The quantitative estimate of drug-likeness (QED) is 0.852. The van der Waals surface area contributed by atoms with Crippen molar-refractivity contribution >= 4 is 29.9 Å². The number of hydrogen-bond acceptors (Lipinski definition) is 4. The van der Waals surface area contributed by atoms with Crippen molar-refractivity contribution in [3.8, 4) is 5.75 Å². The van der Waals surface area contributed by atoms with Crippen LogP contribution in [0, 0.1) is 0 Å². The van der Waals surface area contributed by atoms with E-state index in [0.29, 0.717) is 18.1 Å². The molecule has 3 N–H and O–H groups in total. The fourth-order valence-corrected chi connectivity index (χ4v) is 3.00. The summed E-state index contributed by atoms with van der Waals surface area (Å²) < 4.78 is 5.72. The van der Waals surface area contributed by atoms with Crippen LogP contribution >= 0.6 is 24.0 Å². The van der Waals surface area contributed by atoms with Gasteiger partial charge in [-0.2, -0.15) is 0 Å². The lowest BCUT2D eigenvalue weighted by Crippen LogP contribution is -2.43. The fourth-order valence-electron chi connectivity index (χ4n) is 2.84. The number of amides is 1. The zero-order chi connectivity index (χ0) is 16.9. The largest absolute Gasteiger partial charge is 0.493 e. The van der Waals surface area contributed by atoms with Gasteiger partial charge in [0.25, 0.3) is 0 Å². The molecule has 0 aliphatic carbocycles. The number of nitrogens with zero attached hydrogens (tertiary/aromatic N) is 1. The summed E-state index contributed by atoms with van der Waals surface area (Å²) in [5.41, 5.74) is 8.00. The van der Waals surface area contributed by atoms with Gasteiger partial charge in [-0.15, -0.1) is 12.4 Å². The van der Waals surface area contributed by atoms with Gasteiger partial charge in [-0.05, 0) is 49.1 Å². The molecular weight excluding hydrogens is 361 g/mol. The maximum atomic E-state index is 12.5. The second-order valence-electron chi connectivity index (χ2n) is 5.90. The number of aromatic nitrogens is 1. The summed E-state index contributed by atoms with van der Waals surface area (Å²) in [7, 11) is 0. The van der Waals surface area contributed by atoms with Gasteiger partial charge in [-0.1, -0.05) is 17.7 Å². The van der Waals surface area contributed by atoms with Crippen molar-refractivity contribution in [2.24, 2.45) is 5.73 Å². The molecule has 134 valence electrons. The van der Waals surface area contributed by atoms with E-state index in [1.54, 1.807) is 18.5 Å². The van der Waals surface area contributed by atoms with Crippen LogP contribution in [0.3, 0.4) is 0 Å². The highest BCUT2D eigenvalue weighted by Crippen LogP contribution is 2.33. The molecule has 1 aliphatic heterocycles. The van der Waals surface area contributed by atoms with Crippen LogP contribution in [0.4, 0.5) is 0 Å². The minimum atomic E-state index is -0.604. The average Bonchev–Trinajstić information content (AvgIpc) is 2.77. The van der Waals surface area contributed by atoms with Crippen molar-refractivity contribution < 1.29 is 9.53 Å². The van der Waals surface area contributed by atoms with E-state index >= 15 is 0 Å². The second kappa shape index (κ2) is 9.04. The van der Waals surface area contributed by atoms with E-state index in [9.17, 15) is 4.79 Å². The average molecular weight is 382 g/mol. The lowest BCUT2D eigenvalue weighted by molar-refractivity contribution is -0.123. The van der Waals surface area contributed by atoms with Gasteiger partial charge in [0.05, 0.1) is 18.7 Å². The molecule has 1 aromatic heterocycles. The zero-order valence-electron chi connectivity index (χ0n) is 13.7. The van der Waals surface area contributed by atoms with Crippen molar-refractivity contribution in [2.75, 3.05) is 6.61 Å². The first-order valence-corrected chi connectivity index (χ1v) is 8.38. The van der Waals surface area contributed by atoms with Crippen LogP contribution in [0.15, 0.2) is 42.7 Å². The summed E-state index contributed by atoms with van der Waals surface area (Å²) in [4.78, 5) is 16.5. The zero-order valence-corrected chi connectivity index (χ0v) is 15.2. The Hall–Kier alpha value is -1.82. The van der Waals surface area contributed by atoms with E-state index in [1.807, 2.05) is 24.3 Å². The normalized spacial score (nSPS) is 17.3. The van der Waals surface area contributed by atoms with Gasteiger partial charge in [-0.3, -0.25) is 9.78 Å². The van der Waals surface area contributed by atoms with Crippen LogP contribution in [-0.2, 0) is 11.2 Å². The Morgan fingerprint density at radius 2 is 2.12 bits per heavy atom. The second-order valence-corrected chi connectivity index (χ2v) is 6.34. The molecule has 0 radical (unpaired) electrons. The molecule has 7 heteroatoms. The molecular formula is C18H21Cl2N3O2. The molecule has 3 rings (SSSR count). The Balaban J connectivity index is 0.00000225. The number of hydrogen-bond donors (Lipinski definition) is 2. The lowest BCUT2D eigenvalue weighted by atomic mass is 10.0. The molecule has 1 amide bonds. The van der Waals surface area contributed by atoms with Gasteiger partial charge < -0.3 is 15.8 Å². The Bertz CT molecular complexity index is 713. The lowest BCUT2D eigenvalue weighted by Gasteiger charge is -2.21. The summed E-state index contributed by atoms with van der Waals surface area (Å²) in [6.07, 6.45) is 5.54. The van der Waals surface area contributed by atoms with Gasteiger partial charge in [0, 0.05) is 23.0 Å². The molecule has 0 saturated carbocycles. The number of pyridine rings is 1. The number of fused-ring (bicyclic) bond motifs is 1. The molecule has 0 fully saturated rings. The summed E-state index contributed by atoms with van der Waals surface area (Å²) in [6, 6.07) is 8.52. The summed E-state index contributed by atoms with van der Waals surface area (Å²) in [6.45, 7) is 0.614. The van der Waals surface area contributed by atoms with Crippen molar-refractivity contribution in [3.05, 3.63) is 58.9 Å². The van der Waals surface area contributed by atoms with Gasteiger partial charge in [0.15, 0.2) is 0 Å². The van der Waals surface area contributed by atoms with Crippen LogP contribution in [0.5, 0.6) is 5.75 Å². The van der Waals surface area contributed by atoms with Gasteiger partial charge in [0.2, 0.25) is 5.91 Å². The molecule has 1 aromatic carbocycles. The number of nitrogens with two attached hydrogens (primary N) is 1. The number of benzene rings is 1. The SMILES string of the molecule is Cl.N[C@@H](Cc1ccncc1)C(=O)NC1CCCOc2cc(Cl)ccc21. The number of nitrogens with one attached hydrogen (secondary N) is 1. The monoisotopic (exact) mass is 381 g/mol. The molecule has 2 heterocycles. The smallest absolute Gasteiger partial charge is 0.237 e. The van der Waals surface area contributed by atoms with E-state index in [1.165, 1.54) is 0 Å². The first kappa shape index (κ1) is 19.5. The van der Waals surface area contributed by atoms with Crippen LogP contribution < -0.4 is 15.8 Å². The molecule has 2 aromatic rings. The number of carbonyl (C=O) groups is 1. The predicted molar refractivity (Wildman–Crippen MR) is 100 cm³/mol. The topological polar surface area (TPSA) is 77.2 Å². The predicted octanol–water partition coefficient (Wildman–Crippen LogP) is 3.06. The highest BCUT2D eigenvalue weighted by atomic mass is 35.5. The summed E-state index contributed by atoms with van der Waals surface area (Å²) in [5, 5.41) is 3.67. The third-order valence-electron chi connectivity index (χ3n) is 4.10. The Labute approximate surface area is 158 Å². The van der Waals surface area contributed by atoms with E-state index in [0.717, 1.165) is 29.7 Å². The Kier molecular flexibility index (Phi) is 7.05. The third kappa shape index (κ3) is 5.08. The van der Waals surface area contributed by atoms with E-state index in [2.05, 4.69) is 10.3 Å². The summed E-state index contributed by atoms with van der Waals surface area (Å²) in [5.74, 6) is 0.563. The highest BCUT2D eigenvalue weighted by molar-refractivity contribution is 6.30. The van der Waals surface area contributed by atoms with E-state index in [-0.39, 0.29) is 24.4 Å². The van der Waals surface area contributed by atoms with Gasteiger partial charge in [0.1, 0.15) is 5.75 Å². The van der Waals surface area contributed by atoms with Crippen LogP contribution in [0.1, 0.15) is 30.0 Å². The van der Waals surface area contributed by atoms with Crippen LogP contribution in [-0.4, -0.2) is 23.5 Å². The summed E-state index contributed by atoms with van der Waals surface area (Å²) >= 11 is 6.03. The first-order valence-electron chi connectivity index (χ1n) is 8.00. The number of ether oxygens (including phenoxy) is 1. The molecule has 5 nitrogen and oxygen atoms in total. The maximum absolute atomic E-state index is 12.5. The molecule has 1 unspecified atom stereocenters. The van der Waals surface area contributed by atoms with Crippen molar-refractivity contribution in [3.63, 3.8) is 0 Å². The standard InChI is InChI=1S/C18H20ClN3O2.ClH/c19-13-3-4-14-16(2-1-9-24-17(14)11-13)22-18(23)15(20)10-12-5-7-21-8-6-12;/h3-8,11,15-16H,1-2,9-10,20H2,(H,22,23);1H/t15-,16?;/m0./s1. The molecule has 0 bridgehead atoms. The van der Waals surface area contributed by atoms with E-state index < -0.39 is 6.04 Å². The van der Waals surface area contributed by atoms with Gasteiger partial charge in [-0.25, -0.2) is 0 Å². The van der Waals surface area contributed by atoms with Crippen LogP contribution in [0.2, 0.25) is 5.02 Å². The third-order valence-corrected chi connectivity index (χ3v) is 4.34. The van der Waals surface area contributed by atoms with Gasteiger partial charge >= 0.3 is 0 Å². The van der Waals surface area contributed by atoms with Crippen LogP contribution in [0.25, 0.3) is 0 Å². The maximum Gasteiger partial charge on any atom is 0.237 e. The molecule has 25 heavy (non-hydrogen) atoms. The number of rotatable bonds is 4. The Morgan fingerprint density at radius 1 is 1.36 bits per heavy atom.